The monoisotopic (exact) mass is 286 g/mol. The highest BCUT2D eigenvalue weighted by atomic mass is 35.5. The highest BCUT2D eigenvalue weighted by Crippen LogP contribution is 2.35. The SMILES string of the molecule is Cn1nc(-c2ccccc2)c(Cl)c1-c1ccc(F)cc1. The summed E-state index contributed by atoms with van der Waals surface area (Å²) in [5.41, 5.74) is 3.31. The lowest BCUT2D eigenvalue weighted by molar-refractivity contribution is 0.628. The molecule has 0 spiro atoms. The van der Waals surface area contributed by atoms with Gasteiger partial charge in [0.25, 0.3) is 0 Å². The summed E-state index contributed by atoms with van der Waals surface area (Å²) in [4.78, 5) is 0. The number of aryl methyl sites for hydroxylation is 1. The Kier molecular flexibility index (Phi) is 3.28. The van der Waals surface area contributed by atoms with Crippen molar-refractivity contribution < 1.29 is 4.39 Å². The number of hydrogen-bond donors (Lipinski definition) is 0. The van der Waals surface area contributed by atoms with Gasteiger partial charge in [-0.3, -0.25) is 4.68 Å². The fourth-order valence-electron chi connectivity index (χ4n) is 2.20. The molecule has 3 rings (SSSR count). The van der Waals surface area contributed by atoms with Crippen LogP contribution in [-0.4, -0.2) is 9.78 Å². The van der Waals surface area contributed by atoms with Crippen LogP contribution >= 0.6 is 11.6 Å². The Bertz CT molecular complexity index is 733. The van der Waals surface area contributed by atoms with E-state index in [1.54, 1.807) is 16.8 Å². The van der Waals surface area contributed by atoms with Gasteiger partial charge in [0.1, 0.15) is 11.5 Å². The number of halogens is 2. The lowest BCUT2D eigenvalue weighted by atomic mass is 10.1. The number of hydrogen-bond acceptors (Lipinski definition) is 1. The molecule has 1 heterocycles. The summed E-state index contributed by atoms with van der Waals surface area (Å²) >= 11 is 6.46. The minimum Gasteiger partial charge on any atom is -0.266 e. The van der Waals surface area contributed by atoms with Crippen LogP contribution in [0.4, 0.5) is 4.39 Å². The molecule has 0 N–H and O–H groups in total. The summed E-state index contributed by atoms with van der Waals surface area (Å²) in [5, 5.41) is 5.04. The van der Waals surface area contributed by atoms with Crippen LogP contribution in [0.15, 0.2) is 54.6 Å². The van der Waals surface area contributed by atoms with E-state index in [1.807, 2.05) is 37.4 Å². The van der Waals surface area contributed by atoms with Gasteiger partial charge in [-0.15, -0.1) is 0 Å². The summed E-state index contributed by atoms with van der Waals surface area (Å²) in [6.45, 7) is 0. The van der Waals surface area contributed by atoms with Gasteiger partial charge < -0.3 is 0 Å². The summed E-state index contributed by atoms with van der Waals surface area (Å²) in [7, 11) is 1.83. The van der Waals surface area contributed by atoms with Crippen LogP contribution in [0.25, 0.3) is 22.5 Å². The molecule has 2 nitrogen and oxygen atoms in total. The normalized spacial score (nSPS) is 10.8. The number of aromatic nitrogens is 2. The van der Waals surface area contributed by atoms with Gasteiger partial charge in [-0.2, -0.15) is 5.10 Å². The van der Waals surface area contributed by atoms with Crippen molar-refractivity contribution in [1.29, 1.82) is 0 Å². The number of benzene rings is 2. The van der Waals surface area contributed by atoms with Gasteiger partial charge in [0.2, 0.25) is 0 Å². The van der Waals surface area contributed by atoms with E-state index >= 15 is 0 Å². The first kappa shape index (κ1) is 12.9. The van der Waals surface area contributed by atoms with E-state index in [0.717, 1.165) is 22.5 Å². The van der Waals surface area contributed by atoms with Crippen molar-refractivity contribution in [2.45, 2.75) is 0 Å². The van der Waals surface area contributed by atoms with Crippen LogP contribution in [0, 0.1) is 5.82 Å². The van der Waals surface area contributed by atoms with Crippen LogP contribution in [-0.2, 0) is 7.05 Å². The van der Waals surface area contributed by atoms with Crippen LogP contribution in [0.2, 0.25) is 5.02 Å². The molecule has 0 aliphatic rings. The van der Waals surface area contributed by atoms with Crippen molar-refractivity contribution in [1.82, 2.24) is 9.78 Å². The predicted octanol–water partition coefficient (Wildman–Crippen LogP) is 4.55. The van der Waals surface area contributed by atoms with E-state index in [2.05, 4.69) is 5.10 Å². The third kappa shape index (κ3) is 2.21. The molecule has 2 aromatic carbocycles. The van der Waals surface area contributed by atoms with Gasteiger partial charge in [-0.25, -0.2) is 4.39 Å². The van der Waals surface area contributed by atoms with E-state index < -0.39 is 0 Å². The molecule has 100 valence electrons. The molecule has 0 aliphatic carbocycles. The topological polar surface area (TPSA) is 17.8 Å². The summed E-state index contributed by atoms with van der Waals surface area (Å²) in [6.07, 6.45) is 0. The molecule has 0 aliphatic heterocycles. The molecule has 0 unspecified atom stereocenters. The molecule has 0 fully saturated rings. The second-order valence-corrected chi connectivity index (χ2v) is 4.89. The first-order chi connectivity index (χ1) is 9.66. The van der Waals surface area contributed by atoms with Gasteiger partial charge in [0, 0.05) is 18.2 Å². The van der Waals surface area contributed by atoms with Crippen molar-refractivity contribution in [2.24, 2.45) is 7.05 Å². The van der Waals surface area contributed by atoms with Gasteiger partial charge in [-0.05, 0) is 24.3 Å². The Hall–Kier alpha value is -2.13. The van der Waals surface area contributed by atoms with Gasteiger partial charge in [-0.1, -0.05) is 41.9 Å². The molecule has 0 bridgehead atoms. The third-order valence-electron chi connectivity index (χ3n) is 3.15. The zero-order valence-corrected chi connectivity index (χ0v) is 11.6. The first-order valence-corrected chi connectivity index (χ1v) is 6.58. The molecule has 1 aromatic heterocycles. The molecule has 0 atom stereocenters. The van der Waals surface area contributed by atoms with Crippen molar-refractivity contribution in [3.63, 3.8) is 0 Å². The van der Waals surface area contributed by atoms with E-state index in [9.17, 15) is 4.39 Å². The molecule has 0 saturated carbocycles. The zero-order valence-electron chi connectivity index (χ0n) is 10.8. The second-order valence-electron chi connectivity index (χ2n) is 4.51. The lowest BCUT2D eigenvalue weighted by Gasteiger charge is -2.02. The Morgan fingerprint density at radius 3 is 2.25 bits per heavy atom. The second kappa shape index (κ2) is 5.10. The van der Waals surface area contributed by atoms with E-state index in [0.29, 0.717) is 5.02 Å². The smallest absolute Gasteiger partial charge is 0.123 e. The fourth-order valence-corrected chi connectivity index (χ4v) is 2.58. The fraction of sp³-hybridized carbons (Fsp3) is 0.0625. The minimum absolute atomic E-state index is 0.268. The standard InChI is InChI=1S/C16H12ClFN2/c1-20-16(12-7-9-13(18)10-8-12)14(17)15(19-20)11-5-3-2-4-6-11/h2-10H,1H3. The largest absolute Gasteiger partial charge is 0.266 e. The van der Waals surface area contributed by atoms with Crippen LogP contribution < -0.4 is 0 Å². The quantitative estimate of drug-likeness (QED) is 0.676. The van der Waals surface area contributed by atoms with E-state index in [1.165, 1.54) is 12.1 Å². The first-order valence-electron chi connectivity index (χ1n) is 6.20. The third-order valence-corrected chi connectivity index (χ3v) is 3.51. The molecular weight excluding hydrogens is 275 g/mol. The average Bonchev–Trinajstić information content (AvgIpc) is 2.76. The van der Waals surface area contributed by atoms with Crippen LogP contribution in [0.1, 0.15) is 0 Å². The van der Waals surface area contributed by atoms with Crippen LogP contribution in [0.5, 0.6) is 0 Å². The Labute approximate surface area is 121 Å². The Morgan fingerprint density at radius 2 is 1.60 bits per heavy atom. The maximum atomic E-state index is 13.0. The van der Waals surface area contributed by atoms with Gasteiger partial charge in [0.05, 0.1) is 10.7 Å². The average molecular weight is 287 g/mol. The zero-order chi connectivity index (χ0) is 14.1. The summed E-state index contributed by atoms with van der Waals surface area (Å²) in [6, 6.07) is 16.0. The molecular formula is C16H12ClFN2. The summed E-state index contributed by atoms with van der Waals surface area (Å²) < 4.78 is 14.7. The van der Waals surface area contributed by atoms with Crippen LogP contribution in [0.3, 0.4) is 0 Å². The van der Waals surface area contributed by atoms with Crippen molar-refractivity contribution in [3.8, 4) is 22.5 Å². The molecule has 3 aromatic rings. The van der Waals surface area contributed by atoms with Crippen molar-refractivity contribution in [2.75, 3.05) is 0 Å². The Balaban J connectivity index is 2.14. The Morgan fingerprint density at radius 1 is 0.950 bits per heavy atom. The highest BCUT2D eigenvalue weighted by Gasteiger charge is 2.17. The number of rotatable bonds is 2. The lowest BCUT2D eigenvalue weighted by Crippen LogP contribution is -1.94. The number of nitrogens with zero attached hydrogens (tertiary/aromatic N) is 2. The minimum atomic E-state index is -0.268. The van der Waals surface area contributed by atoms with E-state index in [4.69, 9.17) is 11.6 Å². The molecule has 20 heavy (non-hydrogen) atoms. The summed E-state index contributed by atoms with van der Waals surface area (Å²) in [5.74, 6) is -0.268. The van der Waals surface area contributed by atoms with Crippen molar-refractivity contribution >= 4 is 11.6 Å². The maximum Gasteiger partial charge on any atom is 0.123 e. The molecule has 0 saturated heterocycles. The van der Waals surface area contributed by atoms with Gasteiger partial charge >= 0.3 is 0 Å². The van der Waals surface area contributed by atoms with Gasteiger partial charge in [0.15, 0.2) is 0 Å². The van der Waals surface area contributed by atoms with E-state index in [-0.39, 0.29) is 5.82 Å². The maximum absolute atomic E-state index is 13.0. The molecule has 4 heteroatoms. The predicted molar refractivity (Wildman–Crippen MR) is 79.0 cm³/mol. The van der Waals surface area contributed by atoms with Crippen molar-refractivity contribution in [3.05, 3.63) is 65.4 Å². The molecule has 0 radical (unpaired) electrons. The highest BCUT2D eigenvalue weighted by molar-refractivity contribution is 6.35. The molecule has 0 amide bonds.